The highest BCUT2D eigenvalue weighted by atomic mass is 35.5. The maximum Gasteiger partial charge on any atom is 0.152 e. The minimum absolute atomic E-state index is 0.0516. The molecule has 0 spiro atoms. The molecule has 0 fully saturated rings. The summed E-state index contributed by atoms with van der Waals surface area (Å²) in [5.41, 5.74) is 0.830. The fourth-order valence-corrected chi connectivity index (χ4v) is 2.27. The van der Waals surface area contributed by atoms with Crippen LogP contribution in [0.15, 0.2) is 23.1 Å². The van der Waals surface area contributed by atoms with Gasteiger partial charge in [0, 0.05) is 9.92 Å². The summed E-state index contributed by atoms with van der Waals surface area (Å²) in [5.74, 6) is -0.0516. The molecule has 0 saturated heterocycles. The second-order valence-corrected chi connectivity index (χ2v) is 4.58. The first-order valence-electron chi connectivity index (χ1n) is 4.04. The second kappa shape index (κ2) is 5.06. The molecule has 14 heavy (non-hydrogen) atoms. The monoisotopic (exact) mass is 248 g/mol. The Labute approximate surface area is 97.8 Å². The van der Waals surface area contributed by atoms with Crippen LogP contribution in [0.3, 0.4) is 0 Å². The summed E-state index contributed by atoms with van der Waals surface area (Å²) in [6.07, 6.45) is 1.93. The van der Waals surface area contributed by atoms with Gasteiger partial charge in [0.1, 0.15) is 5.38 Å². The maximum absolute atomic E-state index is 11.1. The van der Waals surface area contributed by atoms with Gasteiger partial charge in [-0.3, -0.25) is 4.79 Å². The van der Waals surface area contributed by atoms with E-state index in [0.717, 1.165) is 10.5 Å². The Morgan fingerprint density at radius 1 is 1.50 bits per heavy atom. The van der Waals surface area contributed by atoms with Crippen LogP contribution in [-0.2, 0) is 4.79 Å². The van der Waals surface area contributed by atoms with Gasteiger partial charge >= 0.3 is 0 Å². The lowest BCUT2D eigenvalue weighted by Gasteiger charge is -2.10. The van der Waals surface area contributed by atoms with Crippen molar-refractivity contribution in [2.24, 2.45) is 0 Å². The first kappa shape index (κ1) is 11.9. The van der Waals surface area contributed by atoms with Crippen molar-refractivity contribution in [3.8, 4) is 0 Å². The third-order valence-electron chi connectivity index (χ3n) is 1.83. The van der Waals surface area contributed by atoms with Gasteiger partial charge in [-0.05, 0) is 30.9 Å². The second-order valence-electron chi connectivity index (χ2n) is 2.86. The van der Waals surface area contributed by atoms with Crippen molar-refractivity contribution in [2.75, 3.05) is 6.26 Å². The molecule has 1 aromatic rings. The zero-order valence-corrected chi connectivity index (χ0v) is 10.2. The van der Waals surface area contributed by atoms with E-state index < -0.39 is 5.38 Å². The number of ketones is 1. The minimum atomic E-state index is -0.574. The van der Waals surface area contributed by atoms with E-state index in [1.54, 1.807) is 12.1 Å². The summed E-state index contributed by atoms with van der Waals surface area (Å²) >= 11 is 13.3. The van der Waals surface area contributed by atoms with Crippen molar-refractivity contribution in [1.82, 2.24) is 0 Å². The molecule has 4 heteroatoms. The van der Waals surface area contributed by atoms with Crippen molar-refractivity contribution in [1.29, 1.82) is 0 Å². The normalized spacial score (nSPS) is 12.6. The van der Waals surface area contributed by atoms with E-state index >= 15 is 0 Å². The average Bonchev–Trinajstić information content (AvgIpc) is 2.16. The van der Waals surface area contributed by atoms with Gasteiger partial charge in [-0.1, -0.05) is 17.7 Å². The zero-order valence-electron chi connectivity index (χ0n) is 7.88. The van der Waals surface area contributed by atoms with E-state index in [1.165, 1.54) is 18.7 Å². The highest BCUT2D eigenvalue weighted by molar-refractivity contribution is 7.98. The van der Waals surface area contributed by atoms with E-state index in [2.05, 4.69) is 0 Å². The van der Waals surface area contributed by atoms with Crippen LogP contribution >= 0.6 is 35.0 Å². The maximum atomic E-state index is 11.1. The van der Waals surface area contributed by atoms with Crippen molar-refractivity contribution in [3.63, 3.8) is 0 Å². The number of alkyl halides is 1. The predicted octanol–water partition coefficient (Wildman–Crippen LogP) is 3.93. The highest BCUT2D eigenvalue weighted by Crippen LogP contribution is 2.32. The molecule has 1 rings (SSSR count). The molecule has 0 saturated carbocycles. The number of hydrogen-bond acceptors (Lipinski definition) is 2. The van der Waals surface area contributed by atoms with Crippen molar-refractivity contribution in [3.05, 3.63) is 28.8 Å². The summed E-state index contributed by atoms with van der Waals surface area (Å²) in [7, 11) is 0. The molecule has 0 radical (unpaired) electrons. The number of thioether (sulfide) groups is 1. The van der Waals surface area contributed by atoms with Gasteiger partial charge in [0.2, 0.25) is 0 Å². The highest BCUT2D eigenvalue weighted by Gasteiger charge is 2.16. The van der Waals surface area contributed by atoms with Crippen LogP contribution in [-0.4, -0.2) is 12.0 Å². The van der Waals surface area contributed by atoms with Crippen LogP contribution in [0.4, 0.5) is 0 Å². The Bertz CT molecular complexity index is 352. The quantitative estimate of drug-likeness (QED) is 0.596. The standard InChI is InChI=1S/C10H10Cl2OS/c1-6(13)10(12)8-4-3-7(11)5-9(8)14-2/h3-5,10H,1-2H3. The van der Waals surface area contributed by atoms with Gasteiger partial charge in [0.05, 0.1) is 0 Å². The van der Waals surface area contributed by atoms with Crippen LogP contribution in [0, 0.1) is 0 Å². The average molecular weight is 249 g/mol. The summed E-state index contributed by atoms with van der Waals surface area (Å²) in [6, 6.07) is 5.36. The Balaban J connectivity index is 3.13. The summed E-state index contributed by atoms with van der Waals surface area (Å²) in [6.45, 7) is 1.48. The Kier molecular flexibility index (Phi) is 4.30. The van der Waals surface area contributed by atoms with E-state index in [-0.39, 0.29) is 5.78 Å². The Hall–Kier alpha value is -0.180. The lowest BCUT2D eigenvalue weighted by Crippen LogP contribution is -2.02. The number of Topliss-reactive ketones (excluding diaryl/α,β-unsaturated/α-hetero) is 1. The SMILES string of the molecule is CSc1cc(Cl)ccc1C(Cl)C(C)=O. The molecule has 1 aromatic carbocycles. The van der Waals surface area contributed by atoms with E-state index in [1.807, 2.05) is 12.3 Å². The molecule has 0 aliphatic carbocycles. The molecule has 0 bridgehead atoms. The van der Waals surface area contributed by atoms with Crippen LogP contribution in [0.5, 0.6) is 0 Å². The number of halogens is 2. The smallest absolute Gasteiger partial charge is 0.152 e. The fraction of sp³-hybridized carbons (Fsp3) is 0.300. The Morgan fingerprint density at radius 2 is 2.14 bits per heavy atom. The van der Waals surface area contributed by atoms with Crippen molar-refractivity contribution in [2.45, 2.75) is 17.2 Å². The molecule has 0 aliphatic rings. The van der Waals surface area contributed by atoms with Crippen molar-refractivity contribution >= 4 is 40.7 Å². The molecule has 1 atom stereocenters. The van der Waals surface area contributed by atoms with Crippen LogP contribution in [0.1, 0.15) is 17.9 Å². The van der Waals surface area contributed by atoms with Gasteiger partial charge in [0.15, 0.2) is 5.78 Å². The van der Waals surface area contributed by atoms with Crippen LogP contribution in [0.25, 0.3) is 0 Å². The van der Waals surface area contributed by atoms with E-state index in [9.17, 15) is 4.79 Å². The largest absolute Gasteiger partial charge is 0.298 e. The zero-order chi connectivity index (χ0) is 10.7. The molecule has 1 nitrogen and oxygen atoms in total. The molecule has 76 valence electrons. The summed E-state index contributed by atoms with van der Waals surface area (Å²) < 4.78 is 0. The third-order valence-corrected chi connectivity index (χ3v) is 3.40. The first-order valence-corrected chi connectivity index (χ1v) is 6.08. The fourth-order valence-electron chi connectivity index (χ4n) is 1.11. The minimum Gasteiger partial charge on any atom is -0.298 e. The van der Waals surface area contributed by atoms with Gasteiger partial charge in [-0.2, -0.15) is 0 Å². The van der Waals surface area contributed by atoms with Gasteiger partial charge in [0.25, 0.3) is 0 Å². The van der Waals surface area contributed by atoms with Gasteiger partial charge < -0.3 is 0 Å². The molecule has 0 amide bonds. The summed E-state index contributed by atoms with van der Waals surface area (Å²) in [5, 5.41) is 0.0836. The van der Waals surface area contributed by atoms with Gasteiger partial charge in [-0.15, -0.1) is 23.4 Å². The van der Waals surface area contributed by atoms with E-state index in [0.29, 0.717) is 5.02 Å². The van der Waals surface area contributed by atoms with E-state index in [4.69, 9.17) is 23.2 Å². The first-order chi connectivity index (χ1) is 6.56. The Morgan fingerprint density at radius 3 is 2.64 bits per heavy atom. The molecule has 0 N–H and O–H groups in total. The number of hydrogen-bond donors (Lipinski definition) is 0. The lowest BCUT2D eigenvalue weighted by atomic mass is 10.1. The molecule has 0 aromatic heterocycles. The molecule has 0 aliphatic heterocycles. The molecular formula is C10H10Cl2OS. The molecular weight excluding hydrogens is 239 g/mol. The van der Waals surface area contributed by atoms with Gasteiger partial charge in [-0.25, -0.2) is 0 Å². The topological polar surface area (TPSA) is 17.1 Å². The number of rotatable bonds is 3. The van der Waals surface area contributed by atoms with Crippen LogP contribution < -0.4 is 0 Å². The number of carbonyl (C=O) groups is 1. The predicted molar refractivity (Wildman–Crippen MR) is 62.5 cm³/mol. The summed E-state index contributed by atoms with van der Waals surface area (Å²) in [4.78, 5) is 12.1. The molecule has 1 unspecified atom stereocenters. The van der Waals surface area contributed by atoms with Crippen LogP contribution in [0.2, 0.25) is 5.02 Å². The lowest BCUT2D eigenvalue weighted by molar-refractivity contribution is -0.116. The molecule has 0 heterocycles. The number of carbonyl (C=O) groups excluding carboxylic acids is 1. The number of benzene rings is 1. The van der Waals surface area contributed by atoms with Crippen molar-refractivity contribution < 1.29 is 4.79 Å². The third kappa shape index (κ3) is 2.66.